The van der Waals surface area contributed by atoms with Crippen LogP contribution in [0.5, 0.6) is 0 Å². The average molecular weight is 237 g/mol. The SMILES string of the molecule is CCCCN(CC)C(=O)Cc1ccc(F)cc1. The summed E-state index contributed by atoms with van der Waals surface area (Å²) in [5.74, 6) is -0.146. The van der Waals surface area contributed by atoms with Crippen molar-refractivity contribution in [1.82, 2.24) is 4.90 Å². The molecule has 1 amide bonds. The van der Waals surface area contributed by atoms with Gasteiger partial charge in [-0.05, 0) is 31.0 Å². The van der Waals surface area contributed by atoms with E-state index in [1.165, 1.54) is 12.1 Å². The number of halogens is 1. The predicted octanol–water partition coefficient (Wildman–Crippen LogP) is 3.02. The van der Waals surface area contributed by atoms with Crippen molar-refractivity contribution < 1.29 is 9.18 Å². The Morgan fingerprint density at radius 3 is 2.41 bits per heavy atom. The van der Waals surface area contributed by atoms with Gasteiger partial charge in [0.1, 0.15) is 5.82 Å². The smallest absolute Gasteiger partial charge is 0.226 e. The molecular weight excluding hydrogens is 217 g/mol. The van der Waals surface area contributed by atoms with Crippen LogP contribution in [0.3, 0.4) is 0 Å². The molecule has 17 heavy (non-hydrogen) atoms. The average Bonchev–Trinajstić information content (AvgIpc) is 2.33. The molecule has 0 aliphatic heterocycles. The molecule has 0 spiro atoms. The van der Waals surface area contributed by atoms with E-state index in [1.807, 2.05) is 11.8 Å². The number of rotatable bonds is 6. The maximum absolute atomic E-state index is 12.7. The second-order valence-corrected chi connectivity index (χ2v) is 4.13. The van der Waals surface area contributed by atoms with Crippen LogP contribution in [0.2, 0.25) is 0 Å². The van der Waals surface area contributed by atoms with Crippen molar-refractivity contribution >= 4 is 5.91 Å². The first-order valence-electron chi connectivity index (χ1n) is 6.19. The maximum atomic E-state index is 12.7. The van der Waals surface area contributed by atoms with Gasteiger partial charge in [0.15, 0.2) is 0 Å². The highest BCUT2D eigenvalue weighted by atomic mass is 19.1. The summed E-state index contributed by atoms with van der Waals surface area (Å²) in [6, 6.07) is 6.12. The van der Waals surface area contributed by atoms with Gasteiger partial charge in [-0.3, -0.25) is 4.79 Å². The molecule has 0 aromatic heterocycles. The Labute approximate surface area is 102 Å². The standard InChI is InChI=1S/C14H20FNO/c1-3-5-10-16(4-2)14(17)11-12-6-8-13(15)9-7-12/h6-9H,3-5,10-11H2,1-2H3. The Bertz CT molecular complexity index is 348. The first kappa shape index (κ1) is 13.7. The summed E-state index contributed by atoms with van der Waals surface area (Å²) >= 11 is 0. The van der Waals surface area contributed by atoms with Crippen LogP contribution < -0.4 is 0 Å². The monoisotopic (exact) mass is 237 g/mol. The zero-order valence-corrected chi connectivity index (χ0v) is 10.6. The van der Waals surface area contributed by atoms with Crippen molar-refractivity contribution in [2.24, 2.45) is 0 Å². The first-order valence-corrected chi connectivity index (χ1v) is 6.19. The summed E-state index contributed by atoms with van der Waals surface area (Å²) in [7, 11) is 0. The molecule has 0 aliphatic carbocycles. The van der Waals surface area contributed by atoms with Gasteiger partial charge >= 0.3 is 0 Å². The summed E-state index contributed by atoms with van der Waals surface area (Å²) < 4.78 is 12.7. The minimum atomic E-state index is -0.264. The van der Waals surface area contributed by atoms with Crippen LogP contribution in [-0.2, 0) is 11.2 Å². The number of likely N-dealkylation sites (N-methyl/N-ethyl adjacent to an activating group) is 1. The van der Waals surface area contributed by atoms with Crippen molar-refractivity contribution in [2.45, 2.75) is 33.1 Å². The van der Waals surface area contributed by atoms with Gasteiger partial charge in [0.05, 0.1) is 6.42 Å². The largest absolute Gasteiger partial charge is 0.343 e. The van der Waals surface area contributed by atoms with E-state index in [0.717, 1.165) is 31.5 Å². The number of unbranched alkanes of at least 4 members (excludes halogenated alkanes) is 1. The fraction of sp³-hybridized carbons (Fsp3) is 0.500. The zero-order valence-electron chi connectivity index (χ0n) is 10.6. The molecule has 2 nitrogen and oxygen atoms in total. The third-order valence-corrected chi connectivity index (χ3v) is 2.78. The lowest BCUT2D eigenvalue weighted by molar-refractivity contribution is -0.130. The van der Waals surface area contributed by atoms with Crippen molar-refractivity contribution in [3.8, 4) is 0 Å². The summed E-state index contributed by atoms with van der Waals surface area (Å²) in [5.41, 5.74) is 0.867. The lowest BCUT2D eigenvalue weighted by atomic mass is 10.1. The van der Waals surface area contributed by atoms with Crippen molar-refractivity contribution in [2.75, 3.05) is 13.1 Å². The summed E-state index contributed by atoms with van der Waals surface area (Å²) in [6.45, 7) is 5.64. The van der Waals surface area contributed by atoms with Crippen molar-refractivity contribution in [3.05, 3.63) is 35.6 Å². The lowest BCUT2D eigenvalue weighted by Gasteiger charge is -2.20. The molecule has 0 radical (unpaired) electrons. The van der Waals surface area contributed by atoms with E-state index in [9.17, 15) is 9.18 Å². The summed E-state index contributed by atoms with van der Waals surface area (Å²) in [4.78, 5) is 13.8. The van der Waals surface area contributed by atoms with E-state index in [0.29, 0.717) is 6.42 Å². The highest BCUT2D eigenvalue weighted by Crippen LogP contribution is 2.06. The fourth-order valence-electron chi connectivity index (χ4n) is 1.70. The van der Waals surface area contributed by atoms with Crippen LogP contribution in [0.4, 0.5) is 4.39 Å². The van der Waals surface area contributed by atoms with Crippen LogP contribution in [-0.4, -0.2) is 23.9 Å². The quantitative estimate of drug-likeness (QED) is 0.744. The Hall–Kier alpha value is -1.38. The molecule has 0 aliphatic rings. The van der Waals surface area contributed by atoms with Crippen LogP contribution in [0, 0.1) is 5.82 Å². The Morgan fingerprint density at radius 2 is 1.88 bits per heavy atom. The van der Waals surface area contributed by atoms with Gasteiger partial charge in [0.25, 0.3) is 0 Å². The van der Waals surface area contributed by atoms with E-state index in [2.05, 4.69) is 6.92 Å². The number of amides is 1. The predicted molar refractivity (Wildman–Crippen MR) is 67.3 cm³/mol. The topological polar surface area (TPSA) is 20.3 Å². The van der Waals surface area contributed by atoms with Crippen LogP contribution in [0.1, 0.15) is 32.3 Å². The van der Waals surface area contributed by atoms with E-state index in [1.54, 1.807) is 12.1 Å². The molecule has 94 valence electrons. The molecule has 0 bridgehead atoms. The number of benzene rings is 1. The van der Waals surface area contributed by atoms with E-state index >= 15 is 0 Å². The molecule has 0 unspecified atom stereocenters. The molecule has 1 rings (SSSR count). The fourth-order valence-corrected chi connectivity index (χ4v) is 1.70. The molecule has 3 heteroatoms. The molecule has 1 aromatic rings. The van der Waals surface area contributed by atoms with Gasteiger partial charge in [-0.25, -0.2) is 4.39 Å². The molecule has 0 N–H and O–H groups in total. The van der Waals surface area contributed by atoms with E-state index < -0.39 is 0 Å². The Balaban J connectivity index is 2.54. The molecule has 0 saturated carbocycles. The maximum Gasteiger partial charge on any atom is 0.226 e. The lowest BCUT2D eigenvalue weighted by Crippen LogP contribution is -2.32. The third-order valence-electron chi connectivity index (χ3n) is 2.78. The number of hydrogen-bond acceptors (Lipinski definition) is 1. The van der Waals surface area contributed by atoms with E-state index in [-0.39, 0.29) is 11.7 Å². The Morgan fingerprint density at radius 1 is 1.24 bits per heavy atom. The highest BCUT2D eigenvalue weighted by molar-refractivity contribution is 5.78. The molecular formula is C14H20FNO. The first-order chi connectivity index (χ1) is 8.17. The number of carbonyl (C=O) groups excluding carboxylic acids is 1. The van der Waals surface area contributed by atoms with Gasteiger partial charge in [-0.15, -0.1) is 0 Å². The number of nitrogens with zero attached hydrogens (tertiary/aromatic N) is 1. The van der Waals surface area contributed by atoms with Crippen molar-refractivity contribution in [1.29, 1.82) is 0 Å². The van der Waals surface area contributed by atoms with Gasteiger partial charge < -0.3 is 4.90 Å². The van der Waals surface area contributed by atoms with Crippen LogP contribution in [0.25, 0.3) is 0 Å². The van der Waals surface area contributed by atoms with E-state index in [4.69, 9.17) is 0 Å². The summed E-state index contributed by atoms with van der Waals surface area (Å²) in [6.07, 6.45) is 2.47. The minimum Gasteiger partial charge on any atom is -0.343 e. The second kappa shape index (κ2) is 7.05. The van der Waals surface area contributed by atoms with Gasteiger partial charge in [0.2, 0.25) is 5.91 Å². The zero-order chi connectivity index (χ0) is 12.7. The molecule has 1 aromatic carbocycles. The van der Waals surface area contributed by atoms with Crippen molar-refractivity contribution in [3.63, 3.8) is 0 Å². The molecule has 0 saturated heterocycles. The normalized spacial score (nSPS) is 10.3. The molecule has 0 atom stereocenters. The van der Waals surface area contributed by atoms with Gasteiger partial charge in [0, 0.05) is 13.1 Å². The van der Waals surface area contributed by atoms with Gasteiger partial charge in [-0.2, -0.15) is 0 Å². The highest BCUT2D eigenvalue weighted by Gasteiger charge is 2.11. The molecule has 0 fully saturated rings. The number of hydrogen-bond donors (Lipinski definition) is 0. The third kappa shape index (κ3) is 4.55. The number of carbonyl (C=O) groups is 1. The summed E-state index contributed by atoms with van der Waals surface area (Å²) in [5, 5.41) is 0. The van der Waals surface area contributed by atoms with Crippen LogP contribution in [0.15, 0.2) is 24.3 Å². The Kier molecular flexibility index (Phi) is 5.67. The second-order valence-electron chi connectivity index (χ2n) is 4.13. The van der Waals surface area contributed by atoms with Gasteiger partial charge in [-0.1, -0.05) is 25.5 Å². The minimum absolute atomic E-state index is 0.118. The molecule has 0 heterocycles. The van der Waals surface area contributed by atoms with Crippen LogP contribution >= 0.6 is 0 Å².